The first-order chi connectivity index (χ1) is 8.10. The maximum atomic E-state index is 9.47. The Balaban J connectivity index is 2.49. The molecule has 0 aliphatic carbocycles. The van der Waals surface area contributed by atoms with E-state index in [0.29, 0.717) is 24.7 Å². The quantitative estimate of drug-likeness (QED) is 0.760. The molecule has 17 heavy (non-hydrogen) atoms. The number of halogens is 1. The third-order valence-corrected chi connectivity index (χ3v) is 2.97. The summed E-state index contributed by atoms with van der Waals surface area (Å²) in [4.78, 5) is 0. The van der Waals surface area contributed by atoms with Crippen molar-refractivity contribution in [2.75, 3.05) is 20.3 Å². The van der Waals surface area contributed by atoms with Crippen LogP contribution in [0.25, 0.3) is 0 Å². The molecular weight excluding hydrogens is 242 g/mol. The minimum atomic E-state index is -0.502. The molecule has 5 nitrogen and oxygen atoms in total. The van der Waals surface area contributed by atoms with Crippen molar-refractivity contribution >= 4 is 11.6 Å². The van der Waals surface area contributed by atoms with Crippen LogP contribution in [-0.4, -0.2) is 41.3 Å². The van der Waals surface area contributed by atoms with Crippen molar-refractivity contribution in [3.8, 4) is 0 Å². The van der Waals surface area contributed by atoms with Crippen molar-refractivity contribution in [2.24, 2.45) is 7.05 Å². The van der Waals surface area contributed by atoms with Crippen molar-refractivity contribution in [3.05, 3.63) is 16.4 Å². The normalized spacial score (nSPS) is 13.0. The molecule has 0 saturated heterocycles. The first-order valence-electron chi connectivity index (χ1n) is 5.68. The SMILES string of the molecule is CCc1nn(C)c(CNCC(O)COC)c1Cl. The summed E-state index contributed by atoms with van der Waals surface area (Å²) in [6, 6.07) is 0. The molecule has 6 heteroatoms. The van der Waals surface area contributed by atoms with Crippen molar-refractivity contribution in [1.29, 1.82) is 0 Å². The molecule has 0 aliphatic rings. The van der Waals surface area contributed by atoms with Crippen LogP contribution >= 0.6 is 11.6 Å². The Morgan fingerprint density at radius 2 is 2.29 bits per heavy atom. The molecule has 0 fully saturated rings. The van der Waals surface area contributed by atoms with Gasteiger partial charge in [0.2, 0.25) is 0 Å². The van der Waals surface area contributed by atoms with Gasteiger partial charge in [-0.3, -0.25) is 4.68 Å². The van der Waals surface area contributed by atoms with Crippen LogP contribution in [0.15, 0.2) is 0 Å². The number of hydrogen-bond donors (Lipinski definition) is 2. The summed E-state index contributed by atoms with van der Waals surface area (Å²) in [6.45, 7) is 3.40. The Bertz CT molecular complexity index is 355. The molecule has 0 radical (unpaired) electrons. The van der Waals surface area contributed by atoms with Crippen molar-refractivity contribution in [1.82, 2.24) is 15.1 Å². The predicted molar refractivity (Wildman–Crippen MR) is 67.2 cm³/mol. The summed E-state index contributed by atoms with van der Waals surface area (Å²) in [7, 11) is 3.43. The van der Waals surface area contributed by atoms with Crippen molar-refractivity contribution in [2.45, 2.75) is 26.0 Å². The van der Waals surface area contributed by atoms with E-state index in [1.165, 1.54) is 0 Å². The van der Waals surface area contributed by atoms with Gasteiger partial charge >= 0.3 is 0 Å². The zero-order valence-corrected chi connectivity index (χ0v) is 11.3. The van der Waals surface area contributed by atoms with E-state index >= 15 is 0 Å². The summed E-state index contributed by atoms with van der Waals surface area (Å²) in [5, 5.41) is 17.6. The number of ether oxygens (including phenoxy) is 1. The molecule has 1 unspecified atom stereocenters. The number of rotatable bonds is 7. The van der Waals surface area contributed by atoms with Gasteiger partial charge in [-0.2, -0.15) is 5.10 Å². The highest BCUT2D eigenvalue weighted by atomic mass is 35.5. The van der Waals surface area contributed by atoms with E-state index in [-0.39, 0.29) is 0 Å². The third-order valence-electron chi connectivity index (χ3n) is 2.53. The number of aliphatic hydroxyl groups excluding tert-OH is 1. The van der Waals surface area contributed by atoms with Crippen LogP contribution in [0.2, 0.25) is 5.02 Å². The van der Waals surface area contributed by atoms with Crippen molar-refractivity contribution < 1.29 is 9.84 Å². The van der Waals surface area contributed by atoms with Gasteiger partial charge in [0.15, 0.2) is 0 Å². The fraction of sp³-hybridized carbons (Fsp3) is 0.727. The first kappa shape index (κ1) is 14.4. The molecule has 0 spiro atoms. The van der Waals surface area contributed by atoms with Crippen LogP contribution in [0, 0.1) is 0 Å². The van der Waals surface area contributed by atoms with Gasteiger partial charge in [0, 0.05) is 27.2 Å². The number of aryl methyl sites for hydroxylation is 2. The Morgan fingerprint density at radius 1 is 1.59 bits per heavy atom. The summed E-state index contributed by atoms with van der Waals surface area (Å²) in [6.07, 6.45) is 0.316. The average molecular weight is 262 g/mol. The number of aromatic nitrogens is 2. The highest BCUT2D eigenvalue weighted by molar-refractivity contribution is 6.31. The fourth-order valence-corrected chi connectivity index (χ4v) is 1.98. The fourth-order valence-electron chi connectivity index (χ4n) is 1.62. The molecule has 1 aromatic heterocycles. The second-order valence-electron chi connectivity index (χ2n) is 3.92. The molecular formula is C11H20ClN3O2. The summed E-state index contributed by atoms with van der Waals surface area (Å²) in [5.41, 5.74) is 1.84. The molecule has 1 atom stereocenters. The highest BCUT2D eigenvalue weighted by Crippen LogP contribution is 2.20. The second-order valence-corrected chi connectivity index (χ2v) is 4.30. The zero-order chi connectivity index (χ0) is 12.8. The van der Waals surface area contributed by atoms with E-state index in [1.54, 1.807) is 11.8 Å². The van der Waals surface area contributed by atoms with E-state index in [1.807, 2.05) is 14.0 Å². The smallest absolute Gasteiger partial charge is 0.0897 e. The van der Waals surface area contributed by atoms with Crippen LogP contribution in [0.1, 0.15) is 18.3 Å². The summed E-state index contributed by atoms with van der Waals surface area (Å²) in [5.74, 6) is 0. The van der Waals surface area contributed by atoms with Gasteiger partial charge in [-0.1, -0.05) is 18.5 Å². The van der Waals surface area contributed by atoms with Crippen LogP contribution in [0.5, 0.6) is 0 Å². The maximum absolute atomic E-state index is 9.47. The van der Waals surface area contributed by atoms with E-state index in [9.17, 15) is 5.11 Å². The topological polar surface area (TPSA) is 59.3 Å². The van der Waals surface area contributed by atoms with Crippen LogP contribution in [0.3, 0.4) is 0 Å². The molecule has 0 saturated carbocycles. The van der Waals surface area contributed by atoms with E-state index in [0.717, 1.165) is 17.8 Å². The van der Waals surface area contributed by atoms with Gasteiger partial charge in [-0.25, -0.2) is 0 Å². The van der Waals surface area contributed by atoms with Crippen LogP contribution < -0.4 is 5.32 Å². The van der Waals surface area contributed by atoms with E-state index < -0.39 is 6.10 Å². The molecule has 0 aliphatic heterocycles. The lowest BCUT2D eigenvalue weighted by atomic mass is 10.3. The molecule has 2 N–H and O–H groups in total. The van der Waals surface area contributed by atoms with Gasteiger partial charge in [0.1, 0.15) is 0 Å². The predicted octanol–water partition coefficient (Wildman–Crippen LogP) is 0.733. The zero-order valence-electron chi connectivity index (χ0n) is 10.5. The van der Waals surface area contributed by atoms with Crippen LogP contribution in [0.4, 0.5) is 0 Å². The Labute approximate surface area is 107 Å². The molecule has 0 bridgehead atoms. The summed E-state index contributed by atoms with van der Waals surface area (Å²) < 4.78 is 6.62. The second kappa shape index (κ2) is 6.96. The molecule has 98 valence electrons. The van der Waals surface area contributed by atoms with Gasteiger partial charge in [0.25, 0.3) is 0 Å². The number of nitrogens with zero attached hydrogens (tertiary/aromatic N) is 2. The van der Waals surface area contributed by atoms with E-state index in [4.69, 9.17) is 16.3 Å². The Hall–Kier alpha value is -0.620. The largest absolute Gasteiger partial charge is 0.389 e. The standard InChI is InChI=1S/C11H20ClN3O2/c1-4-9-11(12)10(15(2)14-9)6-13-5-8(16)7-17-3/h8,13,16H,4-7H2,1-3H3. The van der Waals surface area contributed by atoms with Gasteiger partial charge in [0.05, 0.1) is 29.1 Å². The number of nitrogens with one attached hydrogen (secondary N) is 1. The number of methoxy groups -OCH3 is 1. The lowest BCUT2D eigenvalue weighted by Gasteiger charge is -2.10. The Morgan fingerprint density at radius 3 is 2.82 bits per heavy atom. The van der Waals surface area contributed by atoms with Crippen LogP contribution in [-0.2, 0) is 24.8 Å². The number of aliphatic hydroxyl groups is 1. The first-order valence-corrected chi connectivity index (χ1v) is 6.05. The minimum absolute atomic E-state index is 0.326. The molecule has 0 aromatic carbocycles. The lowest BCUT2D eigenvalue weighted by Crippen LogP contribution is -2.30. The lowest BCUT2D eigenvalue weighted by molar-refractivity contribution is 0.0643. The molecule has 0 amide bonds. The van der Waals surface area contributed by atoms with Gasteiger partial charge in [-0.05, 0) is 6.42 Å². The number of hydrogen-bond acceptors (Lipinski definition) is 4. The third kappa shape index (κ3) is 3.96. The van der Waals surface area contributed by atoms with Gasteiger partial charge < -0.3 is 15.2 Å². The maximum Gasteiger partial charge on any atom is 0.0897 e. The molecule has 1 aromatic rings. The highest BCUT2D eigenvalue weighted by Gasteiger charge is 2.12. The van der Waals surface area contributed by atoms with Crippen molar-refractivity contribution in [3.63, 3.8) is 0 Å². The van der Waals surface area contributed by atoms with E-state index in [2.05, 4.69) is 10.4 Å². The monoisotopic (exact) mass is 261 g/mol. The summed E-state index contributed by atoms with van der Waals surface area (Å²) >= 11 is 6.20. The van der Waals surface area contributed by atoms with Gasteiger partial charge in [-0.15, -0.1) is 0 Å². The Kier molecular flexibility index (Phi) is 5.91. The molecule has 1 rings (SSSR count). The minimum Gasteiger partial charge on any atom is -0.389 e. The molecule has 1 heterocycles. The average Bonchev–Trinajstić information content (AvgIpc) is 2.56.